The topological polar surface area (TPSA) is 58.6 Å². The van der Waals surface area contributed by atoms with E-state index >= 15 is 0 Å². The van der Waals surface area contributed by atoms with E-state index in [2.05, 4.69) is 5.32 Å². The molecule has 0 aliphatic carbocycles. The minimum atomic E-state index is -0.143. The maximum Gasteiger partial charge on any atom is 0.255 e. The predicted octanol–water partition coefficient (Wildman–Crippen LogP) is 2.22. The van der Waals surface area contributed by atoms with E-state index in [4.69, 9.17) is 9.84 Å². The average Bonchev–Trinajstić information content (AvgIpc) is 2.37. The van der Waals surface area contributed by atoms with Crippen LogP contribution in [0.4, 0.5) is 0 Å². The van der Waals surface area contributed by atoms with Gasteiger partial charge in [0.25, 0.3) is 5.91 Å². The van der Waals surface area contributed by atoms with Crippen molar-refractivity contribution >= 4 is 5.91 Å². The van der Waals surface area contributed by atoms with Gasteiger partial charge in [-0.15, -0.1) is 0 Å². The van der Waals surface area contributed by atoms with Crippen LogP contribution in [-0.4, -0.2) is 30.8 Å². The van der Waals surface area contributed by atoms with Crippen molar-refractivity contribution in [1.29, 1.82) is 0 Å². The summed E-state index contributed by atoms with van der Waals surface area (Å²) < 4.78 is 5.44. The second-order valence-electron chi connectivity index (χ2n) is 5.25. The molecule has 2 N–H and O–H groups in total. The first-order chi connectivity index (χ1) is 9.00. The lowest BCUT2D eigenvalue weighted by Crippen LogP contribution is -2.34. The van der Waals surface area contributed by atoms with Gasteiger partial charge in [0, 0.05) is 13.2 Å². The van der Waals surface area contributed by atoms with Crippen LogP contribution in [0, 0.1) is 5.41 Å². The highest BCUT2D eigenvalue weighted by Crippen LogP contribution is 2.20. The fourth-order valence-corrected chi connectivity index (χ4v) is 1.74. The van der Waals surface area contributed by atoms with Crippen molar-refractivity contribution in [2.45, 2.75) is 27.2 Å². The third-order valence-corrected chi connectivity index (χ3v) is 2.95. The molecule has 0 aromatic heterocycles. The second kappa shape index (κ2) is 7.14. The van der Waals surface area contributed by atoms with Gasteiger partial charge < -0.3 is 15.2 Å². The van der Waals surface area contributed by atoms with Gasteiger partial charge in [0.1, 0.15) is 5.75 Å². The van der Waals surface area contributed by atoms with Crippen LogP contribution < -0.4 is 10.1 Å². The summed E-state index contributed by atoms with van der Waals surface area (Å²) in [6.45, 7) is 7.08. The van der Waals surface area contributed by atoms with E-state index in [1.807, 2.05) is 32.9 Å². The molecule has 0 bridgehead atoms. The van der Waals surface area contributed by atoms with Crippen LogP contribution in [0.5, 0.6) is 5.75 Å². The largest absolute Gasteiger partial charge is 0.493 e. The van der Waals surface area contributed by atoms with E-state index < -0.39 is 0 Å². The number of para-hydroxylation sites is 1. The van der Waals surface area contributed by atoms with Crippen molar-refractivity contribution in [2.24, 2.45) is 5.41 Å². The molecule has 0 unspecified atom stereocenters. The Balaban J connectivity index is 2.68. The van der Waals surface area contributed by atoms with Crippen molar-refractivity contribution in [1.82, 2.24) is 5.32 Å². The number of amides is 1. The number of hydrogen-bond acceptors (Lipinski definition) is 3. The van der Waals surface area contributed by atoms with E-state index in [1.54, 1.807) is 12.1 Å². The monoisotopic (exact) mass is 265 g/mol. The second-order valence-corrected chi connectivity index (χ2v) is 5.25. The van der Waals surface area contributed by atoms with Gasteiger partial charge in [0.15, 0.2) is 0 Å². The third-order valence-electron chi connectivity index (χ3n) is 2.95. The Bertz CT molecular complexity index is 416. The van der Waals surface area contributed by atoms with Gasteiger partial charge in [-0.25, -0.2) is 0 Å². The molecular formula is C15H23NO3. The molecule has 4 heteroatoms. The summed E-state index contributed by atoms with van der Waals surface area (Å²) in [6.07, 6.45) is 0.653. The molecule has 0 saturated heterocycles. The summed E-state index contributed by atoms with van der Waals surface area (Å²) in [5.74, 6) is 0.456. The number of carbonyl (C=O) groups excluding carboxylic acids is 1. The molecule has 0 atom stereocenters. The lowest BCUT2D eigenvalue weighted by atomic mass is 9.89. The maximum atomic E-state index is 12.1. The van der Waals surface area contributed by atoms with E-state index in [1.165, 1.54) is 0 Å². The van der Waals surface area contributed by atoms with Gasteiger partial charge >= 0.3 is 0 Å². The van der Waals surface area contributed by atoms with E-state index in [-0.39, 0.29) is 17.9 Å². The summed E-state index contributed by atoms with van der Waals surface area (Å²) in [5.41, 5.74) is 0.425. The molecule has 1 aromatic rings. The molecule has 19 heavy (non-hydrogen) atoms. The molecule has 4 nitrogen and oxygen atoms in total. The van der Waals surface area contributed by atoms with Crippen LogP contribution in [0.3, 0.4) is 0 Å². The number of nitrogens with one attached hydrogen (secondary N) is 1. The lowest BCUT2D eigenvalue weighted by molar-refractivity contribution is 0.0924. The van der Waals surface area contributed by atoms with Crippen molar-refractivity contribution in [3.8, 4) is 5.75 Å². The molecule has 0 saturated carbocycles. The Morgan fingerprint density at radius 1 is 1.37 bits per heavy atom. The Labute approximate surface area is 114 Å². The number of aliphatic hydroxyl groups is 1. The molecule has 1 aromatic carbocycles. The highest BCUT2D eigenvalue weighted by Gasteiger charge is 2.19. The average molecular weight is 265 g/mol. The van der Waals surface area contributed by atoms with E-state index in [0.717, 1.165) is 0 Å². The Morgan fingerprint density at radius 3 is 2.68 bits per heavy atom. The van der Waals surface area contributed by atoms with Gasteiger partial charge in [-0.05, 0) is 30.9 Å². The van der Waals surface area contributed by atoms with Crippen LogP contribution in [0.25, 0.3) is 0 Å². The van der Waals surface area contributed by atoms with E-state index in [9.17, 15) is 4.79 Å². The van der Waals surface area contributed by atoms with Gasteiger partial charge in [-0.2, -0.15) is 0 Å². The zero-order chi connectivity index (χ0) is 14.3. The summed E-state index contributed by atoms with van der Waals surface area (Å²) in [6, 6.07) is 7.20. The molecule has 106 valence electrons. The van der Waals surface area contributed by atoms with Crippen LogP contribution in [0.2, 0.25) is 0 Å². The van der Waals surface area contributed by atoms with Crippen molar-refractivity contribution in [2.75, 3.05) is 19.8 Å². The fraction of sp³-hybridized carbons (Fsp3) is 0.533. The smallest absolute Gasteiger partial charge is 0.255 e. The van der Waals surface area contributed by atoms with Gasteiger partial charge in [-0.3, -0.25) is 4.79 Å². The standard InChI is InChI=1S/C15H23NO3/c1-4-19-13-8-6-5-7-12(13)14(18)16-11-15(2,3)9-10-17/h5-8,17H,4,9-11H2,1-3H3,(H,16,18). The molecule has 0 aliphatic rings. The van der Waals surface area contributed by atoms with Crippen LogP contribution in [-0.2, 0) is 0 Å². The Kier molecular flexibility index (Phi) is 5.83. The van der Waals surface area contributed by atoms with Crippen molar-refractivity contribution in [3.63, 3.8) is 0 Å². The summed E-state index contributed by atoms with van der Waals surface area (Å²) in [4.78, 5) is 12.1. The molecular weight excluding hydrogens is 242 g/mol. The Hall–Kier alpha value is -1.55. The SMILES string of the molecule is CCOc1ccccc1C(=O)NCC(C)(C)CCO. The van der Waals surface area contributed by atoms with Gasteiger partial charge in [-0.1, -0.05) is 26.0 Å². The third kappa shape index (κ3) is 4.91. The summed E-state index contributed by atoms with van der Waals surface area (Å²) in [5, 5.41) is 11.9. The van der Waals surface area contributed by atoms with E-state index in [0.29, 0.717) is 30.9 Å². The quantitative estimate of drug-likeness (QED) is 0.794. The Morgan fingerprint density at radius 2 is 2.05 bits per heavy atom. The molecule has 0 heterocycles. The normalized spacial score (nSPS) is 11.2. The van der Waals surface area contributed by atoms with Crippen LogP contribution in [0.15, 0.2) is 24.3 Å². The predicted molar refractivity (Wildman–Crippen MR) is 75.4 cm³/mol. The number of aliphatic hydroxyl groups excluding tert-OH is 1. The van der Waals surface area contributed by atoms with Crippen molar-refractivity contribution in [3.05, 3.63) is 29.8 Å². The number of rotatable bonds is 7. The molecule has 1 rings (SSSR count). The zero-order valence-corrected chi connectivity index (χ0v) is 11.9. The maximum absolute atomic E-state index is 12.1. The molecule has 0 fully saturated rings. The number of benzene rings is 1. The fourth-order valence-electron chi connectivity index (χ4n) is 1.74. The summed E-state index contributed by atoms with van der Waals surface area (Å²) in [7, 11) is 0. The van der Waals surface area contributed by atoms with Crippen LogP contribution >= 0.6 is 0 Å². The molecule has 1 amide bonds. The minimum absolute atomic E-state index is 0.120. The van der Waals surface area contributed by atoms with Crippen LogP contribution in [0.1, 0.15) is 37.6 Å². The first kappa shape index (κ1) is 15.5. The first-order valence-corrected chi connectivity index (χ1v) is 6.61. The van der Waals surface area contributed by atoms with Crippen molar-refractivity contribution < 1.29 is 14.6 Å². The zero-order valence-electron chi connectivity index (χ0n) is 11.9. The first-order valence-electron chi connectivity index (χ1n) is 6.61. The molecule has 0 aliphatic heterocycles. The number of ether oxygens (including phenoxy) is 1. The highest BCUT2D eigenvalue weighted by molar-refractivity contribution is 5.96. The molecule has 0 spiro atoms. The minimum Gasteiger partial charge on any atom is -0.493 e. The number of carbonyl (C=O) groups is 1. The van der Waals surface area contributed by atoms with Gasteiger partial charge in [0.05, 0.1) is 12.2 Å². The van der Waals surface area contributed by atoms with Gasteiger partial charge in [0.2, 0.25) is 0 Å². The highest BCUT2D eigenvalue weighted by atomic mass is 16.5. The number of hydrogen-bond donors (Lipinski definition) is 2. The summed E-state index contributed by atoms with van der Waals surface area (Å²) >= 11 is 0. The molecule has 0 radical (unpaired) electrons. The lowest BCUT2D eigenvalue weighted by Gasteiger charge is -2.24.